The summed E-state index contributed by atoms with van der Waals surface area (Å²) in [7, 11) is 0. The number of aryl methyl sites for hydroxylation is 2. The number of hydrogen-bond donors (Lipinski definition) is 1. The molecule has 0 fully saturated rings. The summed E-state index contributed by atoms with van der Waals surface area (Å²) in [5, 5.41) is 2.90. The number of thioether (sulfide) groups is 1. The van der Waals surface area contributed by atoms with E-state index in [-0.39, 0.29) is 5.91 Å². The van der Waals surface area contributed by atoms with Crippen molar-refractivity contribution >= 4 is 17.7 Å². The molecule has 0 atom stereocenters. The van der Waals surface area contributed by atoms with Gasteiger partial charge in [-0.3, -0.25) is 4.79 Å². The van der Waals surface area contributed by atoms with Gasteiger partial charge in [-0.15, -0.1) is 11.8 Å². The van der Waals surface area contributed by atoms with Gasteiger partial charge in [0, 0.05) is 5.75 Å². The molecule has 0 aliphatic heterocycles. The molecular weight excluding hydrogens is 330 g/mol. The van der Waals surface area contributed by atoms with Gasteiger partial charge in [0.2, 0.25) is 5.91 Å². The molecule has 0 aliphatic carbocycles. The molecule has 0 unspecified atom stereocenters. The maximum Gasteiger partial charge on any atom is 0.230 e. The first-order valence-corrected chi connectivity index (χ1v) is 9.95. The second kappa shape index (κ2) is 10.8. The number of carbonyl (C=O) groups is 1. The summed E-state index contributed by atoms with van der Waals surface area (Å²) in [6.07, 6.45) is 2.24. The second-order valence-electron chi connectivity index (χ2n) is 6.01. The highest BCUT2D eigenvalue weighted by atomic mass is 32.2. The molecular formula is C21H27NO2S. The van der Waals surface area contributed by atoms with Gasteiger partial charge in [0.25, 0.3) is 0 Å². The zero-order valence-electron chi connectivity index (χ0n) is 15.1. The minimum absolute atomic E-state index is 0.0560. The lowest BCUT2D eigenvalue weighted by Gasteiger charge is -2.09. The smallest absolute Gasteiger partial charge is 0.230 e. The molecule has 0 spiro atoms. The highest BCUT2D eigenvalue weighted by Crippen LogP contribution is 2.15. The van der Waals surface area contributed by atoms with E-state index in [0.29, 0.717) is 18.9 Å². The summed E-state index contributed by atoms with van der Waals surface area (Å²) >= 11 is 1.64. The minimum Gasteiger partial charge on any atom is -0.492 e. The second-order valence-corrected chi connectivity index (χ2v) is 7.00. The third kappa shape index (κ3) is 7.22. The van der Waals surface area contributed by atoms with Crippen molar-refractivity contribution in [2.45, 2.75) is 32.4 Å². The normalized spacial score (nSPS) is 10.5. The van der Waals surface area contributed by atoms with E-state index >= 15 is 0 Å². The maximum absolute atomic E-state index is 11.9. The Bertz CT molecular complexity index is 655. The van der Waals surface area contributed by atoms with E-state index < -0.39 is 0 Å². The Morgan fingerprint density at radius 2 is 1.88 bits per heavy atom. The number of amides is 1. The van der Waals surface area contributed by atoms with Crippen LogP contribution in [0.3, 0.4) is 0 Å². The highest BCUT2D eigenvalue weighted by Gasteiger charge is 2.03. The first-order chi connectivity index (χ1) is 12.2. The monoisotopic (exact) mass is 357 g/mol. The number of nitrogens with one attached hydrogen (secondary N) is 1. The summed E-state index contributed by atoms with van der Waals surface area (Å²) < 4.78 is 5.66. The van der Waals surface area contributed by atoms with Crippen molar-refractivity contribution in [2.75, 3.05) is 18.9 Å². The summed E-state index contributed by atoms with van der Waals surface area (Å²) in [6.45, 7) is 5.29. The molecule has 3 nitrogen and oxygen atoms in total. The van der Waals surface area contributed by atoms with Crippen molar-refractivity contribution in [3.8, 4) is 5.75 Å². The molecule has 1 amide bonds. The van der Waals surface area contributed by atoms with Gasteiger partial charge in [-0.25, -0.2) is 0 Å². The number of carbonyl (C=O) groups excluding carboxylic acids is 1. The Morgan fingerprint density at radius 3 is 2.60 bits per heavy atom. The first-order valence-electron chi connectivity index (χ1n) is 8.79. The van der Waals surface area contributed by atoms with Gasteiger partial charge in [-0.2, -0.15) is 0 Å². The van der Waals surface area contributed by atoms with E-state index in [9.17, 15) is 4.79 Å². The van der Waals surface area contributed by atoms with E-state index in [1.807, 2.05) is 24.3 Å². The van der Waals surface area contributed by atoms with Crippen molar-refractivity contribution in [3.63, 3.8) is 0 Å². The molecule has 0 bridgehead atoms. The zero-order chi connectivity index (χ0) is 17.9. The highest BCUT2D eigenvalue weighted by molar-refractivity contribution is 7.99. The van der Waals surface area contributed by atoms with Crippen LogP contribution in [0.4, 0.5) is 0 Å². The molecule has 1 N–H and O–H groups in total. The van der Waals surface area contributed by atoms with Crippen LogP contribution in [0, 0.1) is 6.92 Å². The molecule has 0 aromatic heterocycles. The van der Waals surface area contributed by atoms with E-state index in [1.54, 1.807) is 11.8 Å². The zero-order valence-corrected chi connectivity index (χ0v) is 15.9. The average Bonchev–Trinajstić information content (AvgIpc) is 2.62. The van der Waals surface area contributed by atoms with Crippen molar-refractivity contribution in [3.05, 3.63) is 65.2 Å². The molecule has 2 rings (SSSR count). The molecule has 0 radical (unpaired) electrons. The lowest BCUT2D eigenvalue weighted by molar-refractivity contribution is -0.118. The van der Waals surface area contributed by atoms with Crippen LogP contribution in [0.1, 0.15) is 30.0 Å². The van der Waals surface area contributed by atoms with Gasteiger partial charge in [0.1, 0.15) is 12.4 Å². The predicted octanol–water partition coefficient (Wildman–Crippen LogP) is 4.38. The number of rotatable bonds is 10. The van der Waals surface area contributed by atoms with Crippen molar-refractivity contribution < 1.29 is 9.53 Å². The molecule has 0 heterocycles. The molecule has 4 heteroatoms. The summed E-state index contributed by atoms with van der Waals surface area (Å²) in [5.41, 5.74) is 3.89. The number of benzene rings is 2. The number of ether oxygens (including phenoxy) is 1. The maximum atomic E-state index is 11.9. The first kappa shape index (κ1) is 19.4. The van der Waals surface area contributed by atoms with Gasteiger partial charge >= 0.3 is 0 Å². The fraction of sp³-hybridized carbons (Fsp3) is 0.381. The molecule has 0 aliphatic rings. The van der Waals surface area contributed by atoms with Gasteiger partial charge < -0.3 is 10.1 Å². The fourth-order valence-corrected chi connectivity index (χ4v) is 3.41. The van der Waals surface area contributed by atoms with Crippen LogP contribution in [-0.4, -0.2) is 24.8 Å². The Balaban J connectivity index is 1.58. The van der Waals surface area contributed by atoms with Crippen LogP contribution >= 0.6 is 11.8 Å². The Morgan fingerprint density at radius 1 is 1.12 bits per heavy atom. The van der Waals surface area contributed by atoms with Crippen LogP contribution in [0.25, 0.3) is 0 Å². The quantitative estimate of drug-likeness (QED) is 0.642. The lowest BCUT2D eigenvalue weighted by Crippen LogP contribution is -2.29. The van der Waals surface area contributed by atoms with Gasteiger partial charge in [0.15, 0.2) is 0 Å². The molecule has 2 aromatic carbocycles. The van der Waals surface area contributed by atoms with E-state index in [1.165, 1.54) is 16.7 Å². The van der Waals surface area contributed by atoms with Gasteiger partial charge in [0.05, 0.1) is 12.3 Å². The largest absolute Gasteiger partial charge is 0.492 e. The van der Waals surface area contributed by atoms with Crippen molar-refractivity contribution in [2.24, 2.45) is 0 Å². The number of hydrogen-bond acceptors (Lipinski definition) is 3. The van der Waals surface area contributed by atoms with E-state index in [2.05, 4.69) is 43.4 Å². The molecule has 0 saturated carbocycles. The third-order valence-corrected chi connectivity index (χ3v) is 4.89. The SMILES string of the molecule is CCCc1ccc(OCCNC(=O)CSCc2ccccc2C)cc1. The van der Waals surface area contributed by atoms with Gasteiger partial charge in [-0.1, -0.05) is 49.7 Å². The Hall–Kier alpha value is -1.94. The van der Waals surface area contributed by atoms with Crippen LogP contribution < -0.4 is 10.1 Å². The van der Waals surface area contributed by atoms with Crippen LogP contribution in [0.2, 0.25) is 0 Å². The predicted molar refractivity (Wildman–Crippen MR) is 106 cm³/mol. The standard InChI is InChI=1S/C21H27NO2S/c1-3-6-18-9-11-20(12-10-18)24-14-13-22-21(23)16-25-15-19-8-5-4-7-17(19)2/h4-5,7-12H,3,6,13-16H2,1-2H3,(H,22,23). The topological polar surface area (TPSA) is 38.3 Å². The molecule has 2 aromatic rings. The van der Waals surface area contributed by atoms with E-state index in [0.717, 1.165) is 24.3 Å². The molecule has 25 heavy (non-hydrogen) atoms. The summed E-state index contributed by atoms with van der Waals surface area (Å²) in [4.78, 5) is 11.9. The molecule has 0 saturated heterocycles. The van der Waals surface area contributed by atoms with Crippen molar-refractivity contribution in [1.29, 1.82) is 0 Å². The average molecular weight is 358 g/mol. The summed E-state index contributed by atoms with van der Waals surface area (Å²) in [5.74, 6) is 2.24. The molecule has 134 valence electrons. The van der Waals surface area contributed by atoms with Crippen LogP contribution in [0.5, 0.6) is 5.75 Å². The minimum atomic E-state index is 0.0560. The van der Waals surface area contributed by atoms with Gasteiger partial charge in [-0.05, 0) is 42.2 Å². The van der Waals surface area contributed by atoms with E-state index in [4.69, 9.17) is 4.74 Å². The van der Waals surface area contributed by atoms with Crippen molar-refractivity contribution in [1.82, 2.24) is 5.32 Å². The third-order valence-electron chi connectivity index (χ3n) is 3.91. The van der Waals surface area contributed by atoms with Crippen LogP contribution in [0.15, 0.2) is 48.5 Å². The lowest BCUT2D eigenvalue weighted by atomic mass is 10.1. The Labute approximate surface area is 155 Å². The van der Waals surface area contributed by atoms with Crippen LogP contribution in [-0.2, 0) is 17.0 Å². The Kier molecular flexibility index (Phi) is 8.40. The summed E-state index contributed by atoms with van der Waals surface area (Å²) in [6, 6.07) is 16.5. The fourth-order valence-electron chi connectivity index (χ4n) is 2.48.